The number of benzene rings is 2. The molecule has 0 aliphatic carbocycles. The summed E-state index contributed by atoms with van der Waals surface area (Å²) in [5.74, 6) is 0. The summed E-state index contributed by atoms with van der Waals surface area (Å²) in [6, 6.07) is 10.5. The summed E-state index contributed by atoms with van der Waals surface area (Å²) < 4.78 is 51.2. The zero-order valence-electron chi connectivity index (χ0n) is 12.8. The number of aliphatic hydroxyl groups excluding tert-OH is 1. The van der Waals surface area contributed by atoms with Crippen molar-refractivity contribution in [3.8, 4) is 11.1 Å². The Kier molecular flexibility index (Phi) is 4.89. The average Bonchev–Trinajstić information content (AvgIpc) is 2.61. The van der Waals surface area contributed by atoms with Crippen LogP contribution in [0, 0.1) is 0 Å². The lowest BCUT2D eigenvalue weighted by atomic mass is 9.93. The molecule has 2 aromatic rings. The molecule has 0 atom stereocenters. The number of ether oxygens (including phenoxy) is 2. The van der Waals surface area contributed by atoms with Gasteiger partial charge in [-0.2, -0.15) is 13.2 Å². The summed E-state index contributed by atoms with van der Waals surface area (Å²) in [6.45, 7) is 0.631. The smallest absolute Gasteiger partial charge is 0.392 e. The highest BCUT2D eigenvalue weighted by atomic mass is 19.4. The standard InChI is InChI=1S/C18H17F3O3/c19-18(20,21)15-7-2-6-14(11-22)16(15)12-4-1-5-13(10-12)17-23-8-3-9-24-17/h1-2,4-7,10,17,22H,3,8-9,11H2. The van der Waals surface area contributed by atoms with Crippen LogP contribution in [0.3, 0.4) is 0 Å². The molecule has 1 aliphatic heterocycles. The summed E-state index contributed by atoms with van der Waals surface area (Å²) in [5.41, 5.74) is 0.490. The maximum atomic E-state index is 13.4. The molecular formula is C18H17F3O3. The summed E-state index contributed by atoms with van der Waals surface area (Å²) >= 11 is 0. The van der Waals surface area contributed by atoms with Gasteiger partial charge in [-0.15, -0.1) is 0 Å². The van der Waals surface area contributed by atoms with Gasteiger partial charge in [-0.25, -0.2) is 0 Å². The predicted molar refractivity (Wildman–Crippen MR) is 82.1 cm³/mol. The van der Waals surface area contributed by atoms with Crippen molar-refractivity contribution in [2.24, 2.45) is 0 Å². The quantitative estimate of drug-likeness (QED) is 0.907. The Labute approximate surface area is 137 Å². The Balaban J connectivity index is 2.08. The molecule has 0 bridgehead atoms. The van der Waals surface area contributed by atoms with E-state index >= 15 is 0 Å². The third-order valence-corrected chi connectivity index (χ3v) is 3.90. The van der Waals surface area contributed by atoms with Crippen LogP contribution in [-0.4, -0.2) is 18.3 Å². The van der Waals surface area contributed by atoms with E-state index in [0.717, 1.165) is 12.5 Å². The van der Waals surface area contributed by atoms with Gasteiger partial charge in [-0.1, -0.05) is 30.3 Å². The van der Waals surface area contributed by atoms with Crippen molar-refractivity contribution in [2.45, 2.75) is 25.5 Å². The molecule has 1 aliphatic rings. The Bertz CT molecular complexity index is 707. The largest absolute Gasteiger partial charge is 0.417 e. The first kappa shape index (κ1) is 17.0. The second-order valence-electron chi connectivity index (χ2n) is 5.55. The van der Waals surface area contributed by atoms with Crippen LogP contribution in [0.25, 0.3) is 11.1 Å². The van der Waals surface area contributed by atoms with Crippen LogP contribution in [0.4, 0.5) is 13.2 Å². The summed E-state index contributed by atoms with van der Waals surface area (Å²) in [6.07, 6.45) is -4.29. The zero-order chi connectivity index (χ0) is 17.2. The first-order valence-corrected chi connectivity index (χ1v) is 7.64. The van der Waals surface area contributed by atoms with Crippen molar-refractivity contribution in [2.75, 3.05) is 13.2 Å². The zero-order valence-corrected chi connectivity index (χ0v) is 12.8. The molecule has 0 unspecified atom stereocenters. The minimum Gasteiger partial charge on any atom is -0.392 e. The van der Waals surface area contributed by atoms with E-state index < -0.39 is 24.6 Å². The molecule has 3 rings (SSSR count). The predicted octanol–water partition coefficient (Wildman–Crippen LogP) is 4.30. The molecule has 1 N–H and O–H groups in total. The van der Waals surface area contributed by atoms with Crippen LogP contribution in [0.5, 0.6) is 0 Å². The molecule has 0 saturated carbocycles. The molecular weight excluding hydrogens is 321 g/mol. The molecule has 1 saturated heterocycles. The van der Waals surface area contributed by atoms with Crippen molar-refractivity contribution in [1.29, 1.82) is 0 Å². The number of aliphatic hydroxyl groups is 1. The van der Waals surface area contributed by atoms with Crippen molar-refractivity contribution < 1.29 is 27.8 Å². The molecule has 0 radical (unpaired) electrons. The second kappa shape index (κ2) is 6.93. The van der Waals surface area contributed by atoms with Gasteiger partial charge < -0.3 is 14.6 Å². The van der Waals surface area contributed by atoms with Gasteiger partial charge in [-0.3, -0.25) is 0 Å². The molecule has 24 heavy (non-hydrogen) atoms. The molecule has 2 aromatic carbocycles. The van der Waals surface area contributed by atoms with Crippen LogP contribution in [-0.2, 0) is 22.3 Å². The topological polar surface area (TPSA) is 38.7 Å². The molecule has 1 heterocycles. The summed E-state index contributed by atoms with van der Waals surface area (Å²) in [4.78, 5) is 0. The minimum atomic E-state index is -4.51. The number of hydrogen-bond donors (Lipinski definition) is 1. The van der Waals surface area contributed by atoms with Gasteiger partial charge >= 0.3 is 6.18 Å². The fourth-order valence-corrected chi connectivity index (χ4v) is 2.83. The molecule has 0 spiro atoms. The fraction of sp³-hybridized carbons (Fsp3) is 0.333. The lowest BCUT2D eigenvalue weighted by molar-refractivity contribution is -0.183. The second-order valence-corrected chi connectivity index (χ2v) is 5.55. The van der Waals surface area contributed by atoms with Crippen LogP contribution in [0.1, 0.15) is 29.4 Å². The van der Waals surface area contributed by atoms with Crippen molar-refractivity contribution in [3.05, 3.63) is 59.2 Å². The lowest BCUT2D eigenvalue weighted by Crippen LogP contribution is -2.17. The fourth-order valence-electron chi connectivity index (χ4n) is 2.83. The monoisotopic (exact) mass is 338 g/mol. The van der Waals surface area contributed by atoms with Gasteiger partial charge in [-0.05, 0) is 35.2 Å². The molecule has 0 amide bonds. The Morgan fingerprint density at radius 3 is 2.42 bits per heavy atom. The maximum absolute atomic E-state index is 13.4. The highest BCUT2D eigenvalue weighted by Gasteiger charge is 2.34. The first-order chi connectivity index (χ1) is 11.5. The molecule has 3 nitrogen and oxygen atoms in total. The summed E-state index contributed by atoms with van der Waals surface area (Å²) in [7, 11) is 0. The maximum Gasteiger partial charge on any atom is 0.417 e. The third-order valence-electron chi connectivity index (χ3n) is 3.90. The van der Waals surface area contributed by atoms with E-state index in [4.69, 9.17) is 9.47 Å². The third kappa shape index (κ3) is 3.45. The highest BCUT2D eigenvalue weighted by molar-refractivity contribution is 5.72. The highest BCUT2D eigenvalue weighted by Crippen LogP contribution is 2.40. The number of alkyl halides is 3. The van der Waals surface area contributed by atoms with Gasteiger partial charge in [0, 0.05) is 5.56 Å². The van der Waals surface area contributed by atoms with Crippen LogP contribution < -0.4 is 0 Å². The van der Waals surface area contributed by atoms with Crippen molar-refractivity contribution in [1.82, 2.24) is 0 Å². The average molecular weight is 338 g/mol. The van der Waals surface area contributed by atoms with E-state index in [9.17, 15) is 18.3 Å². The van der Waals surface area contributed by atoms with E-state index in [0.29, 0.717) is 24.3 Å². The van der Waals surface area contributed by atoms with Gasteiger partial charge in [0.1, 0.15) is 0 Å². The van der Waals surface area contributed by atoms with E-state index in [1.54, 1.807) is 24.3 Å². The first-order valence-electron chi connectivity index (χ1n) is 7.64. The van der Waals surface area contributed by atoms with E-state index in [1.807, 2.05) is 0 Å². The number of hydrogen-bond acceptors (Lipinski definition) is 3. The van der Waals surface area contributed by atoms with Crippen LogP contribution >= 0.6 is 0 Å². The van der Waals surface area contributed by atoms with Gasteiger partial charge in [0.15, 0.2) is 6.29 Å². The molecule has 128 valence electrons. The van der Waals surface area contributed by atoms with Crippen LogP contribution in [0.2, 0.25) is 0 Å². The normalized spacial score (nSPS) is 16.3. The number of halogens is 3. The van der Waals surface area contributed by atoms with E-state index in [-0.39, 0.29) is 11.1 Å². The molecule has 1 fully saturated rings. The number of rotatable bonds is 3. The molecule has 0 aromatic heterocycles. The van der Waals surface area contributed by atoms with Gasteiger partial charge in [0.25, 0.3) is 0 Å². The minimum absolute atomic E-state index is 0.00911. The summed E-state index contributed by atoms with van der Waals surface area (Å²) in [5, 5.41) is 9.47. The van der Waals surface area contributed by atoms with Crippen molar-refractivity contribution in [3.63, 3.8) is 0 Å². The molecule has 6 heteroatoms. The van der Waals surface area contributed by atoms with Gasteiger partial charge in [0.05, 0.1) is 25.4 Å². The Morgan fingerprint density at radius 1 is 1.04 bits per heavy atom. The Morgan fingerprint density at radius 2 is 1.75 bits per heavy atom. The van der Waals surface area contributed by atoms with Gasteiger partial charge in [0.2, 0.25) is 0 Å². The SMILES string of the molecule is OCc1cccc(C(F)(F)F)c1-c1cccc(C2OCCCO2)c1. The van der Waals surface area contributed by atoms with Crippen molar-refractivity contribution >= 4 is 0 Å². The van der Waals surface area contributed by atoms with E-state index in [1.165, 1.54) is 12.1 Å². The lowest BCUT2D eigenvalue weighted by Gasteiger charge is -2.24. The van der Waals surface area contributed by atoms with Crippen LogP contribution in [0.15, 0.2) is 42.5 Å². The van der Waals surface area contributed by atoms with E-state index in [2.05, 4.69) is 0 Å². The Hall–Kier alpha value is -1.89.